The fraction of sp³-hybridized carbons (Fsp3) is 0.391. The first kappa shape index (κ1) is 24.1. The van der Waals surface area contributed by atoms with Gasteiger partial charge in [0, 0.05) is 13.1 Å². The van der Waals surface area contributed by atoms with Gasteiger partial charge in [-0.05, 0) is 43.2 Å². The molecule has 0 N–H and O–H groups in total. The Kier molecular flexibility index (Phi) is 7.13. The van der Waals surface area contributed by atoms with Crippen LogP contribution in [0.25, 0.3) is 11.0 Å². The Morgan fingerprint density at radius 2 is 1.79 bits per heavy atom. The minimum Gasteiger partial charge on any atom is -0.496 e. The van der Waals surface area contributed by atoms with Gasteiger partial charge in [0.05, 0.1) is 23.0 Å². The number of sulfonamides is 1. The first-order chi connectivity index (χ1) is 16.3. The van der Waals surface area contributed by atoms with Crippen LogP contribution in [0.1, 0.15) is 48.4 Å². The zero-order valence-electron chi connectivity index (χ0n) is 18.6. The van der Waals surface area contributed by atoms with E-state index in [2.05, 4.69) is 4.98 Å². The number of alkyl halides is 2. The van der Waals surface area contributed by atoms with Crippen molar-refractivity contribution in [1.29, 1.82) is 0 Å². The van der Waals surface area contributed by atoms with Gasteiger partial charge in [-0.1, -0.05) is 25.0 Å². The topological polar surface area (TPSA) is 90.7 Å². The Bertz CT molecular complexity index is 1280. The number of nitrogens with zero attached hydrogens (tertiary/aromatic N) is 3. The van der Waals surface area contributed by atoms with E-state index in [0.29, 0.717) is 23.2 Å². The number of methoxy groups -OCH3 is 1. The summed E-state index contributed by atoms with van der Waals surface area (Å²) in [5, 5.41) is 0. The number of carbonyl (C=O) groups is 1. The fourth-order valence-corrected chi connectivity index (χ4v) is 5.60. The molecule has 1 aliphatic heterocycles. The molecule has 0 unspecified atom stereocenters. The largest absolute Gasteiger partial charge is 0.496 e. The van der Waals surface area contributed by atoms with Crippen molar-refractivity contribution in [3.05, 3.63) is 53.9 Å². The second-order valence-corrected chi connectivity index (χ2v) is 9.86. The summed E-state index contributed by atoms with van der Waals surface area (Å²) in [5.74, 6) is -0.920. The van der Waals surface area contributed by atoms with Crippen LogP contribution in [0, 0.1) is 0 Å². The molecular weight excluding hydrogens is 468 g/mol. The van der Waals surface area contributed by atoms with E-state index in [4.69, 9.17) is 9.47 Å². The third kappa shape index (κ3) is 4.76. The van der Waals surface area contributed by atoms with Crippen LogP contribution in [0.4, 0.5) is 8.78 Å². The summed E-state index contributed by atoms with van der Waals surface area (Å²) in [6, 6.07) is 10.3. The van der Waals surface area contributed by atoms with Gasteiger partial charge in [0.2, 0.25) is 10.0 Å². The summed E-state index contributed by atoms with van der Waals surface area (Å²) in [7, 11) is -2.48. The Balaban J connectivity index is 1.60. The van der Waals surface area contributed by atoms with Crippen molar-refractivity contribution in [3.63, 3.8) is 0 Å². The van der Waals surface area contributed by atoms with Crippen molar-refractivity contribution in [2.45, 2.75) is 43.7 Å². The molecule has 3 aromatic rings. The molecule has 1 saturated heterocycles. The Hall–Kier alpha value is -3.05. The summed E-state index contributed by atoms with van der Waals surface area (Å²) >= 11 is 0. The number of carbonyl (C=O) groups excluding carboxylic acids is 1. The minimum atomic E-state index is -3.81. The molecule has 2 aromatic carbocycles. The Morgan fingerprint density at radius 3 is 2.47 bits per heavy atom. The number of para-hydroxylation sites is 2. The number of rotatable bonds is 7. The van der Waals surface area contributed by atoms with Gasteiger partial charge in [-0.2, -0.15) is 13.1 Å². The van der Waals surface area contributed by atoms with Crippen molar-refractivity contribution in [2.24, 2.45) is 0 Å². The average molecular weight is 494 g/mol. The highest BCUT2D eigenvalue weighted by Gasteiger charge is 2.28. The van der Waals surface area contributed by atoms with E-state index in [9.17, 15) is 22.0 Å². The number of aromatic nitrogens is 2. The second kappa shape index (κ2) is 10.1. The van der Waals surface area contributed by atoms with Crippen molar-refractivity contribution in [3.8, 4) is 5.75 Å². The first-order valence-corrected chi connectivity index (χ1v) is 12.4. The number of imidazole rings is 1. The maximum atomic E-state index is 13.6. The molecule has 0 radical (unpaired) electrons. The molecule has 1 fully saturated rings. The van der Waals surface area contributed by atoms with Gasteiger partial charge in [-0.3, -0.25) is 4.57 Å². The third-order valence-electron chi connectivity index (χ3n) is 5.79. The number of hydrogen-bond acceptors (Lipinski definition) is 6. The molecule has 0 aliphatic carbocycles. The van der Waals surface area contributed by atoms with E-state index in [1.54, 1.807) is 18.2 Å². The van der Waals surface area contributed by atoms with Gasteiger partial charge < -0.3 is 9.47 Å². The smallest absolute Gasteiger partial charge is 0.342 e. The summed E-state index contributed by atoms with van der Waals surface area (Å²) in [6.07, 6.45) is 3.48. The predicted molar refractivity (Wildman–Crippen MR) is 120 cm³/mol. The Morgan fingerprint density at radius 1 is 1.09 bits per heavy atom. The van der Waals surface area contributed by atoms with E-state index in [1.807, 2.05) is 0 Å². The molecule has 1 aromatic heterocycles. The van der Waals surface area contributed by atoms with Crippen LogP contribution in [-0.2, 0) is 21.4 Å². The van der Waals surface area contributed by atoms with Crippen molar-refractivity contribution in [2.75, 3.05) is 20.2 Å². The zero-order valence-corrected chi connectivity index (χ0v) is 19.4. The number of ether oxygens (including phenoxy) is 2. The summed E-state index contributed by atoms with van der Waals surface area (Å²) in [4.78, 5) is 17.0. The van der Waals surface area contributed by atoms with E-state index >= 15 is 0 Å². The molecule has 0 amide bonds. The van der Waals surface area contributed by atoms with Gasteiger partial charge in [-0.15, -0.1) is 0 Å². The fourth-order valence-electron chi connectivity index (χ4n) is 4.06. The van der Waals surface area contributed by atoms with Crippen LogP contribution >= 0.6 is 0 Å². The standard InChI is InChI=1S/C23H25F2N3O5S/c1-32-20-11-10-16(34(30,31)27-12-6-2-3-7-13-27)14-17(20)22(29)33-15-21-26-18-8-4-5-9-19(18)28(21)23(24)25/h4-5,8-11,14,23H,2-3,6-7,12-13,15H2,1H3. The lowest BCUT2D eigenvalue weighted by atomic mass is 10.2. The molecule has 11 heteroatoms. The van der Waals surface area contributed by atoms with Crippen LogP contribution in [0.3, 0.4) is 0 Å². The molecule has 0 saturated carbocycles. The van der Waals surface area contributed by atoms with Crippen LogP contribution < -0.4 is 4.74 Å². The van der Waals surface area contributed by atoms with Gasteiger partial charge in [0.15, 0.2) is 5.82 Å². The van der Waals surface area contributed by atoms with Crippen molar-refractivity contribution in [1.82, 2.24) is 13.9 Å². The molecule has 4 rings (SSSR count). The zero-order chi connectivity index (χ0) is 24.3. The molecule has 2 heterocycles. The second-order valence-electron chi connectivity index (χ2n) is 7.92. The average Bonchev–Trinajstić information content (AvgIpc) is 2.99. The van der Waals surface area contributed by atoms with Gasteiger partial charge in [0.25, 0.3) is 0 Å². The van der Waals surface area contributed by atoms with E-state index < -0.39 is 29.1 Å². The van der Waals surface area contributed by atoms with Gasteiger partial charge in [-0.25, -0.2) is 18.2 Å². The third-order valence-corrected chi connectivity index (χ3v) is 7.68. The van der Waals surface area contributed by atoms with Crippen LogP contribution in [0.15, 0.2) is 47.4 Å². The lowest BCUT2D eigenvalue weighted by molar-refractivity contribution is 0.0384. The van der Waals surface area contributed by atoms with E-state index in [1.165, 1.54) is 35.7 Å². The summed E-state index contributed by atoms with van der Waals surface area (Å²) < 4.78 is 66.2. The highest BCUT2D eigenvalue weighted by molar-refractivity contribution is 7.89. The lowest BCUT2D eigenvalue weighted by Crippen LogP contribution is -2.32. The molecule has 0 spiro atoms. The van der Waals surface area contributed by atoms with Gasteiger partial charge in [0.1, 0.15) is 17.9 Å². The maximum Gasteiger partial charge on any atom is 0.342 e. The molecule has 0 atom stereocenters. The Labute approximate surface area is 196 Å². The quantitative estimate of drug-likeness (QED) is 0.454. The molecule has 8 nitrogen and oxygen atoms in total. The summed E-state index contributed by atoms with van der Waals surface area (Å²) in [6.45, 7) is -2.57. The highest BCUT2D eigenvalue weighted by Crippen LogP contribution is 2.28. The molecule has 1 aliphatic rings. The number of esters is 1. The predicted octanol–water partition coefficient (Wildman–Crippen LogP) is 4.36. The van der Waals surface area contributed by atoms with E-state index in [0.717, 1.165) is 25.7 Å². The maximum absolute atomic E-state index is 13.6. The number of fused-ring (bicyclic) bond motifs is 1. The van der Waals surface area contributed by atoms with Crippen LogP contribution in [0.2, 0.25) is 0 Å². The van der Waals surface area contributed by atoms with Crippen LogP contribution in [-0.4, -0.2) is 48.4 Å². The normalized spacial score (nSPS) is 15.4. The van der Waals surface area contributed by atoms with Crippen molar-refractivity contribution < 1.29 is 31.5 Å². The first-order valence-electron chi connectivity index (χ1n) is 10.9. The molecular formula is C23H25F2N3O5S. The van der Waals surface area contributed by atoms with Crippen molar-refractivity contribution >= 4 is 27.0 Å². The highest BCUT2D eigenvalue weighted by atomic mass is 32.2. The SMILES string of the molecule is COc1ccc(S(=O)(=O)N2CCCCCC2)cc1C(=O)OCc1nc2ccccc2n1C(F)F. The molecule has 34 heavy (non-hydrogen) atoms. The number of halogens is 2. The number of benzene rings is 2. The van der Waals surface area contributed by atoms with Gasteiger partial charge >= 0.3 is 12.5 Å². The van der Waals surface area contributed by atoms with E-state index in [-0.39, 0.29) is 27.5 Å². The van der Waals surface area contributed by atoms with Crippen LogP contribution in [0.5, 0.6) is 5.75 Å². The summed E-state index contributed by atoms with van der Waals surface area (Å²) in [5.41, 5.74) is 0.446. The molecule has 0 bridgehead atoms. The molecule has 182 valence electrons. The number of hydrogen-bond donors (Lipinski definition) is 0. The monoisotopic (exact) mass is 493 g/mol. The lowest BCUT2D eigenvalue weighted by Gasteiger charge is -2.20. The minimum absolute atomic E-state index is 0.0537.